The van der Waals surface area contributed by atoms with Crippen LogP contribution in [0.15, 0.2) is 36.5 Å². The normalized spacial score (nSPS) is 11.5. The molecule has 0 aliphatic carbocycles. The number of nitro groups is 1. The molecule has 9 nitrogen and oxygen atoms in total. The molecule has 0 bridgehead atoms. The Bertz CT molecular complexity index is 1110. The summed E-state index contributed by atoms with van der Waals surface area (Å²) in [4.78, 5) is 29.4. The van der Waals surface area contributed by atoms with Crippen LogP contribution in [0.25, 0.3) is 5.65 Å². The summed E-state index contributed by atoms with van der Waals surface area (Å²) in [7, 11) is 0. The molecule has 0 aliphatic rings. The van der Waals surface area contributed by atoms with Gasteiger partial charge in [-0.2, -0.15) is 9.61 Å². The number of hydrogen-bond acceptors (Lipinski definition) is 6. The number of nitrogens with zero attached hydrogens (tertiary/aromatic N) is 5. The van der Waals surface area contributed by atoms with Crippen molar-refractivity contribution >= 4 is 34.8 Å². The van der Waals surface area contributed by atoms with E-state index in [-0.39, 0.29) is 17.4 Å². The minimum atomic E-state index is -0.743. The zero-order chi connectivity index (χ0) is 22.1. The van der Waals surface area contributed by atoms with Crippen LogP contribution >= 0.6 is 11.6 Å². The number of fused-ring (bicyclic) bond motifs is 1. The molecule has 2 aromatic heterocycles. The highest BCUT2D eigenvalue weighted by atomic mass is 35.5. The molecule has 1 aromatic carbocycles. The zero-order valence-corrected chi connectivity index (χ0v) is 17.9. The van der Waals surface area contributed by atoms with E-state index in [1.165, 1.54) is 27.6 Å². The molecule has 3 aromatic rings. The second kappa shape index (κ2) is 8.27. The third-order valence-corrected chi connectivity index (χ3v) is 4.42. The van der Waals surface area contributed by atoms with Crippen LogP contribution in [-0.4, -0.2) is 31.2 Å². The van der Waals surface area contributed by atoms with Gasteiger partial charge in [-0.25, -0.2) is 9.78 Å². The molecular formula is C20H22ClN5O4. The van der Waals surface area contributed by atoms with Crippen molar-refractivity contribution in [3.05, 3.63) is 62.9 Å². The van der Waals surface area contributed by atoms with Gasteiger partial charge in [0.25, 0.3) is 5.69 Å². The Hall–Kier alpha value is -3.20. The van der Waals surface area contributed by atoms with Crippen molar-refractivity contribution < 1.29 is 14.5 Å². The quantitative estimate of drug-likeness (QED) is 0.326. The standard InChI is InChI=1S/C20H22ClN5O4/c1-5-14-11-22-25-17(10-16(21)23-18(14)25)24(19(27)30-20(2,3)4)12-13-7-6-8-15(9-13)26(28)29/h6-11H,5,12H2,1-4H3. The van der Waals surface area contributed by atoms with Gasteiger partial charge in [0.2, 0.25) is 0 Å². The predicted molar refractivity (Wildman–Crippen MR) is 113 cm³/mol. The van der Waals surface area contributed by atoms with E-state index in [2.05, 4.69) is 10.1 Å². The monoisotopic (exact) mass is 431 g/mol. The molecule has 1 amide bonds. The fourth-order valence-corrected chi connectivity index (χ4v) is 3.09. The van der Waals surface area contributed by atoms with Gasteiger partial charge in [0.05, 0.1) is 17.7 Å². The first kappa shape index (κ1) is 21.5. The van der Waals surface area contributed by atoms with Crippen molar-refractivity contribution in [3.63, 3.8) is 0 Å². The number of halogens is 1. The zero-order valence-electron chi connectivity index (χ0n) is 17.1. The Morgan fingerprint density at radius 3 is 2.70 bits per heavy atom. The number of hydrogen-bond donors (Lipinski definition) is 0. The summed E-state index contributed by atoms with van der Waals surface area (Å²) < 4.78 is 7.09. The summed E-state index contributed by atoms with van der Waals surface area (Å²) in [5.74, 6) is 0.352. The Labute approximate surface area is 178 Å². The predicted octanol–water partition coefficient (Wildman–Crippen LogP) is 4.80. The molecular weight excluding hydrogens is 410 g/mol. The number of aromatic nitrogens is 3. The van der Waals surface area contributed by atoms with Gasteiger partial charge in [0, 0.05) is 23.8 Å². The SMILES string of the molecule is CCc1cnn2c(N(Cc3cccc([N+](=O)[O-])c3)C(=O)OC(C)(C)C)cc(Cl)nc12. The first-order chi connectivity index (χ1) is 14.1. The van der Waals surface area contributed by atoms with E-state index in [0.717, 1.165) is 5.56 Å². The maximum absolute atomic E-state index is 13.1. The van der Waals surface area contributed by atoms with Gasteiger partial charge < -0.3 is 4.74 Å². The highest BCUT2D eigenvalue weighted by Crippen LogP contribution is 2.26. The first-order valence-electron chi connectivity index (χ1n) is 9.36. The van der Waals surface area contributed by atoms with Crippen molar-refractivity contribution in [2.24, 2.45) is 0 Å². The van der Waals surface area contributed by atoms with Gasteiger partial charge in [-0.1, -0.05) is 30.7 Å². The highest BCUT2D eigenvalue weighted by Gasteiger charge is 2.27. The van der Waals surface area contributed by atoms with Gasteiger partial charge in [-0.15, -0.1) is 0 Å². The molecule has 0 unspecified atom stereocenters. The molecule has 2 heterocycles. The fraction of sp³-hybridized carbons (Fsp3) is 0.350. The van der Waals surface area contributed by atoms with E-state index < -0.39 is 16.6 Å². The number of aryl methyl sites for hydroxylation is 1. The Morgan fingerprint density at radius 1 is 1.33 bits per heavy atom. The summed E-state index contributed by atoms with van der Waals surface area (Å²) >= 11 is 6.24. The lowest BCUT2D eigenvalue weighted by Gasteiger charge is -2.27. The van der Waals surface area contributed by atoms with Crippen molar-refractivity contribution in [3.8, 4) is 0 Å². The topological polar surface area (TPSA) is 103 Å². The van der Waals surface area contributed by atoms with Gasteiger partial charge in [-0.3, -0.25) is 15.0 Å². The van der Waals surface area contributed by atoms with Crippen LogP contribution in [0.1, 0.15) is 38.8 Å². The number of amides is 1. The Morgan fingerprint density at radius 2 is 2.07 bits per heavy atom. The largest absolute Gasteiger partial charge is 0.443 e. The molecule has 30 heavy (non-hydrogen) atoms. The number of carbonyl (C=O) groups is 1. The number of ether oxygens (including phenoxy) is 1. The minimum Gasteiger partial charge on any atom is -0.443 e. The second-order valence-corrected chi connectivity index (χ2v) is 8.08. The molecule has 0 fully saturated rings. The summed E-state index contributed by atoms with van der Waals surface area (Å²) in [5.41, 5.74) is 1.15. The molecule has 0 atom stereocenters. The lowest BCUT2D eigenvalue weighted by Crippen LogP contribution is -2.37. The van der Waals surface area contributed by atoms with Gasteiger partial charge in [0.1, 0.15) is 16.6 Å². The average Bonchev–Trinajstić information content (AvgIpc) is 3.07. The fourth-order valence-electron chi connectivity index (χ4n) is 2.91. The molecule has 0 N–H and O–H groups in total. The smallest absolute Gasteiger partial charge is 0.416 e. The van der Waals surface area contributed by atoms with Crippen LogP contribution in [0.2, 0.25) is 5.15 Å². The van der Waals surface area contributed by atoms with Crippen molar-refractivity contribution in [2.45, 2.75) is 46.3 Å². The number of non-ortho nitro benzene ring substituents is 1. The van der Waals surface area contributed by atoms with E-state index in [4.69, 9.17) is 16.3 Å². The maximum Gasteiger partial charge on any atom is 0.416 e. The molecule has 3 rings (SSSR count). The lowest BCUT2D eigenvalue weighted by atomic mass is 10.2. The summed E-state index contributed by atoms with van der Waals surface area (Å²) in [5, 5.41) is 15.7. The number of anilines is 1. The lowest BCUT2D eigenvalue weighted by molar-refractivity contribution is -0.384. The second-order valence-electron chi connectivity index (χ2n) is 7.69. The van der Waals surface area contributed by atoms with Crippen molar-refractivity contribution in [2.75, 3.05) is 4.90 Å². The molecule has 158 valence electrons. The minimum absolute atomic E-state index is 0.0212. The van der Waals surface area contributed by atoms with Crippen LogP contribution in [0.4, 0.5) is 16.3 Å². The highest BCUT2D eigenvalue weighted by molar-refractivity contribution is 6.29. The van der Waals surface area contributed by atoms with Crippen LogP contribution in [0, 0.1) is 10.1 Å². The van der Waals surface area contributed by atoms with E-state index in [9.17, 15) is 14.9 Å². The van der Waals surface area contributed by atoms with E-state index >= 15 is 0 Å². The third kappa shape index (κ3) is 4.68. The van der Waals surface area contributed by atoms with Crippen molar-refractivity contribution in [1.82, 2.24) is 14.6 Å². The molecule has 0 radical (unpaired) electrons. The summed E-state index contributed by atoms with van der Waals surface area (Å²) in [6, 6.07) is 7.59. The number of nitro benzene ring substituents is 1. The molecule has 0 spiro atoms. The van der Waals surface area contributed by atoms with Crippen LogP contribution in [0.5, 0.6) is 0 Å². The van der Waals surface area contributed by atoms with E-state index in [1.807, 2.05) is 6.92 Å². The molecule has 0 saturated carbocycles. The van der Waals surface area contributed by atoms with Crippen LogP contribution < -0.4 is 4.90 Å². The molecule has 0 saturated heterocycles. The molecule has 10 heteroatoms. The number of rotatable bonds is 5. The van der Waals surface area contributed by atoms with Crippen LogP contribution in [0.3, 0.4) is 0 Å². The van der Waals surface area contributed by atoms with Crippen molar-refractivity contribution in [1.29, 1.82) is 0 Å². The Kier molecular flexibility index (Phi) is 5.93. The number of carbonyl (C=O) groups excluding carboxylic acids is 1. The Balaban J connectivity index is 2.12. The van der Waals surface area contributed by atoms with E-state index in [1.54, 1.807) is 39.1 Å². The first-order valence-corrected chi connectivity index (χ1v) is 9.74. The summed E-state index contributed by atoms with van der Waals surface area (Å²) in [6.45, 7) is 7.26. The summed E-state index contributed by atoms with van der Waals surface area (Å²) in [6.07, 6.45) is 1.72. The number of benzene rings is 1. The third-order valence-electron chi connectivity index (χ3n) is 4.23. The van der Waals surface area contributed by atoms with Gasteiger partial charge in [0.15, 0.2) is 5.65 Å². The van der Waals surface area contributed by atoms with Gasteiger partial charge >= 0.3 is 6.09 Å². The van der Waals surface area contributed by atoms with Crippen LogP contribution in [-0.2, 0) is 17.7 Å². The molecule has 0 aliphatic heterocycles. The van der Waals surface area contributed by atoms with Gasteiger partial charge in [-0.05, 0) is 32.8 Å². The maximum atomic E-state index is 13.1. The average molecular weight is 432 g/mol. The van der Waals surface area contributed by atoms with E-state index in [0.29, 0.717) is 23.4 Å².